The predicted octanol–water partition coefficient (Wildman–Crippen LogP) is 2.79. The number of aromatic amines is 1. The Bertz CT molecular complexity index is 1170. The fraction of sp³-hybridized carbons (Fsp3) is 0.238. The zero-order valence-electron chi connectivity index (χ0n) is 16.0. The number of H-pyrrole nitrogens is 1. The first-order chi connectivity index (χ1) is 14.5. The molecule has 3 heterocycles. The smallest absolute Gasteiger partial charge is 0.335 e. The molecule has 0 unspecified atom stereocenters. The number of nitrogens with zero attached hydrogens (tertiary/aromatic N) is 4. The molecule has 3 aromatic rings. The normalized spacial score (nSPS) is 16.8. The van der Waals surface area contributed by atoms with Crippen LogP contribution in [0.4, 0.5) is 0 Å². The van der Waals surface area contributed by atoms with Crippen LogP contribution in [0, 0.1) is 3.57 Å². The quantitative estimate of drug-likeness (QED) is 0.410. The van der Waals surface area contributed by atoms with E-state index in [1.165, 1.54) is 6.21 Å². The molecule has 0 aliphatic carbocycles. The standard InChI is InChI=1S/C21H20IN5O3/c22-15-6-8-16(9-7-15)27-20(29)17(19(28)25-21(27)30)13-24-26-11-2-1-5-18(26)14-4-3-10-23-12-14/h3-4,6-10,12-13,18,29H,1-2,5,11H2,(H,25,28,30)/b24-13+/t18-/m1/s1. The van der Waals surface area contributed by atoms with E-state index in [2.05, 4.69) is 37.7 Å². The van der Waals surface area contributed by atoms with Crippen molar-refractivity contribution in [2.45, 2.75) is 25.3 Å². The van der Waals surface area contributed by atoms with Gasteiger partial charge in [-0.2, -0.15) is 5.10 Å². The number of hydrogen-bond acceptors (Lipinski definition) is 6. The Morgan fingerprint density at radius 3 is 2.73 bits per heavy atom. The minimum atomic E-state index is -0.706. The van der Waals surface area contributed by atoms with Crippen LogP contribution in [-0.2, 0) is 0 Å². The van der Waals surface area contributed by atoms with Crippen molar-refractivity contribution < 1.29 is 5.11 Å². The van der Waals surface area contributed by atoms with Crippen molar-refractivity contribution in [2.24, 2.45) is 5.10 Å². The molecule has 30 heavy (non-hydrogen) atoms. The highest BCUT2D eigenvalue weighted by atomic mass is 127. The number of benzene rings is 1. The Kier molecular flexibility index (Phi) is 5.98. The molecule has 0 saturated carbocycles. The van der Waals surface area contributed by atoms with Gasteiger partial charge in [0.25, 0.3) is 5.56 Å². The van der Waals surface area contributed by atoms with Crippen molar-refractivity contribution in [1.82, 2.24) is 19.5 Å². The van der Waals surface area contributed by atoms with Crippen LogP contribution in [0.3, 0.4) is 0 Å². The summed E-state index contributed by atoms with van der Waals surface area (Å²) >= 11 is 2.15. The van der Waals surface area contributed by atoms with E-state index in [0.717, 1.165) is 39.5 Å². The molecule has 1 aliphatic heterocycles. The van der Waals surface area contributed by atoms with Gasteiger partial charge in [0.2, 0.25) is 5.88 Å². The second-order valence-corrected chi connectivity index (χ2v) is 8.26. The monoisotopic (exact) mass is 517 g/mol. The Morgan fingerprint density at radius 1 is 1.20 bits per heavy atom. The summed E-state index contributed by atoms with van der Waals surface area (Å²) in [6.45, 7) is 0.728. The van der Waals surface area contributed by atoms with Gasteiger partial charge in [0, 0.05) is 22.5 Å². The van der Waals surface area contributed by atoms with Gasteiger partial charge in [-0.05, 0) is 77.7 Å². The SMILES string of the molecule is O=c1[nH]c(=O)n(-c2ccc(I)cc2)c(O)c1/C=N/N1CCCC[C@@H]1c1cccnc1. The lowest BCUT2D eigenvalue weighted by Gasteiger charge is -2.33. The molecule has 1 aliphatic rings. The van der Waals surface area contributed by atoms with E-state index in [-0.39, 0.29) is 11.6 Å². The Balaban J connectivity index is 1.71. The molecule has 1 fully saturated rings. The topological polar surface area (TPSA) is 104 Å². The number of rotatable bonds is 4. The Labute approximate surface area is 186 Å². The third-order valence-corrected chi connectivity index (χ3v) is 5.80. The zero-order valence-corrected chi connectivity index (χ0v) is 18.2. The molecule has 0 radical (unpaired) electrons. The molecule has 0 amide bonds. The van der Waals surface area contributed by atoms with Crippen LogP contribution in [0.1, 0.15) is 36.4 Å². The molecule has 1 saturated heterocycles. The lowest BCUT2D eigenvalue weighted by Crippen LogP contribution is -2.32. The van der Waals surface area contributed by atoms with Crippen LogP contribution in [0.15, 0.2) is 63.5 Å². The maximum atomic E-state index is 12.4. The van der Waals surface area contributed by atoms with Crippen molar-refractivity contribution in [3.8, 4) is 11.6 Å². The third kappa shape index (κ3) is 4.16. The molecule has 2 aromatic heterocycles. The van der Waals surface area contributed by atoms with Crippen molar-refractivity contribution in [3.63, 3.8) is 0 Å². The molecule has 8 nitrogen and oxygen atoms in total. The largest absolute Gasteiger partial charge is 0.493 e. The van der Waals surface area contributed by atoms with Crippen LogP contribution in [-0.4, -0.2) is 37.4 Å². The van der Waals surface area contributed by atoms with E-state index in [1.807, 2.05) is 35.5 Å². The van der Waals surface area contributed by atoms with Crippen molar-refractivity contribution >= 4 is 28.8 Å². The van der Waals surface area contributed by atoms with E-state index in [1.54, 1.807) is 18.3 Å². The van der Waals surface area contributed by atoms with Crippen LogP contribution in [0.2, 0.25) is 0 Å². The summed E-state index contributed by atoms with van der Waals surface area (Å²) in [5.41, 5.74) is 0.0510. The summed E-state index contributed by atoms with van der Waals surface area (Å²) in [6, 6.07) is 11.0. The van der Waals surface area contributed by atoms with Gasteiger partial charge in [0.1, 0.15) is 5.56 Å². The van der Waals surface area contributed by atoms with E-state index >= 15 is 0 Å². The van der Waals surface area contributed by atoms with Gasteiger partial charge < -0.3 is 5.11 Å². The minimum absolute atomic E-state index is 0.0482. The average molecular weight is 517 g/mol. The van der Waals surface area contributed by atoms with Crippen molar-refractivity contribution in [2.75, 3.05) is 6.54 Å². The molecule has 9 heteroatoms. The third-order valence-electron chi connectivity index (χ3n) is 5.08. The van der Waals surface area contributed by atoms with Gasteiger partial charge in [-0.3, -0.25) is 19.8 Å². The summed E-state index contributed by atoms with van der Waals surface area (Å²) in [4.78, 5) is 31.1. The van der Waals surface area contributed by atoms with Crippen molar-refractivity contribution in [1.29, 1.82) is 0 Å². The van der Waals surface area contributed by atoms with Gasteiger partial charge >= 0.3 is 5.69 Å². The second kappa shape index (κ2) is 8.82. The molecule has 1 atom stereocenters. The molecular weight excluding hydrogens is 497 g/mol. The second-order valence-electron chi connectivity index (χ2n) is 7.01. The van der Waals surface area contributed by atoms with E-state index < -0.39 is 17.1 Å². The maximum absolute atomic E-state index is 12.4. The highest BCUT2D eigenvalue weighted by Crippen LogP contribution is 2.30. The fourth-order valence-corrected chi connectivity index (χ4v) is 3.94. The fourth-order valence-electron chi connectivity index (χ4n) is 3.58. The summed E-state index contributed by atoms with van der Waals surface area (Å²) in [6.07, 6.45) is 7.86. The highest BCUT2D eigenvalue weighted by molar-refractivity contribution is 14.1. The van der Waals surface area contributed by atoms with Gasteiger partial charge in [0.15, 0.2) is 0 Å². The number of piperidine rings is 1. The molecule has 2 N–H and O–H groups in total. The molecular formula is C21H20IN5O3. The number of hydrogen-bond donors (Lipinski definition) is 2. The summed E-state index contributed by atoms with van der Waals surface area (Å²) in [5, 5.41) is 17.1. The first-order valence-electron chi connectivity index (χ1n) is 9.59. The Morgan fingerprint density at radius 2 is 2.00 bits per heavy atom. The van der Waals surface area contributed by atoms with Gasteiger partial charge in [-0.25, -0.2) is 9.36 Å². The van der Waals surface area contributed by atoms with Crippen molar-refractivity contribution in [3.05, 3.63) is 84.3 Å². The van der Waals surface area contributed by atoms with Crippen LogP contribution >= 0.6 is 22.6 Å². The number of pyridine rings is 1. The van der Waals surface area contributed by atoms with E-state index in [0.29, 0.717) is 5.69 Å². The highest BCUT2D eigenvalue weighted by Gasteiger charge is 2.23. The molecule has 4 rings (SSSR count). The first kappa shape index (κ1) is 20.3. The summed E-state index contributed by atoms with van der Waals surface area (Å²) in [5.74, 6) is -0.441. The average Bonchev–Trinajstić information content (AvgIpc) is 2.75. The number of nitrogens with one attached hydrogen (secondary N) is 1. The minimum Gasteiger partial charge on any atom is -0.493 e. The zero-order chi connectivity index (χ0) is 21.1. The Hall–Kier alpha value is -2.95. The number of aromatic hydroxyl groups is 1. The van der Waals surface area contributed by atoms with Gasteiger partial charge in [-0.15, -0.1) is 0 Å². The van der Waals surface area contributed by atoms with Crippen LogP contribution < -0.4 is 11.2 Å². The van der Waals surface area contributed by atoms with Crippen LogP contribution in [0.5, 0.6) is 5.88 Å². The van der Waals surface area contributed by atoms with E-state index in [4.69, 9.17) is 0 Å². The summed E-state index contributed by atoms with van der Waals surface area (Å²) in [7, 11) is 0. The number of hydrazone groups is 1. The molecule has 0 bridgehead atoms. The summed E-state index contributed by atoms with van der Waals surface area (Å²) < 4.78 is 2.05. The number of aromatic nitrogens is 3. The lowest BCUT2D eigenvalue weighted by atomic mass is 9.98. The maximum Gasteiger partial charge on any atom is 0.335 e. The number of halogens is 1. The lowest BCUT2D eigenvalue weighted by molar-refractivity contribution is 0.156. The van der Waals surface area contributed by atoms with Gasteiger partial charge in [0.05, 0.1) is 17.9 Å². The van der Waals surface area contributed by atoms with Crippen LogP contribution in [0.25, 0.3) is 5.69 Å². The molecule has 0 spiro atoms. The molecule has 1 aromatic carbocycles. The molecule has 154 valence electrons. The van der Waals surface area contributed by atoms with Gasteiger partial charge in [-0.1, -0.05) is 6.07 Å². The first-order valence-corrected chi connectivity index (χ1v) is 10.7. The van der Waals surface area contributed by atoms with E-state index in [9.17, 15) is 14.7 Å². The predicted molar refractivity (Wildman–Crippen MR) is 122 cm³/mol.